The van der Waals surface area contributed by atoms with Crippen molar-refractivity contribution < 1.29 is 23.4 Å². The van der Waals surface area contributed by atoms with Gasteiger partial charge in [0, 0.05) is 31.4 Å². The summed E-state index contributed by atoms with van der Waals surface area (Å²) in [6.45, 7) is 25.4. The largest absolute Gasteiger partial charge is 0.459 e. The van der Waals surface area contributed by atoms with Crippen molar-refractivity contribution in [1.29, 1.82) is 0 Å². The van der Waals surface area contributed by atoms with E-state index in [4.69, 9.17) is 18.6 Å². The molecule has 5 nitrogen and oxygen atoms in total. The zero-order valence-electron chi connectivity index (χ0n) is 29.6. The molecule has 1 rings (SSSR count). The van der Waals surface area contributed by atoms with Crippen LogP contribution in [0.15, 0.2) is 25.3 Å². The summed E-state index contributed by atoms with van der Waals surface area (Å²) in [4.78, 5) is 11.9. The summed E-state index contributed by atoms with van der Waals surface area (Å²) in [7, 11) is -1.88. The van der Waals surface area contributed by atoms with Gasteiger partial charge in [0.1, 0.15) is 6.10 Å². The van der Waals surface area contributed by atoms with Gasteiger partial charge in [-0.2, -0.15) is 0 Å². The normalized spacial score (nSPS) is 20.4. The highest BCUT2D eigenvalue weighted by molar-refractivity contribution is 6.74. The van der Waals surface area contributed by atoms with Crippen LogP contribution in [0.5, 0.6) is 0 Å². The van der Waals surface area contributed by atoms with Crippen molar-refractivity contribution in [2.24, 2.45) is 0 Å². The maximum atomic E-state index is 11.9. The zero-order chi connectivity index (χ0) is 32.4. The number of carbonyl (C=O) groups is 1. The smallest absolute Gasteiger partial charge is 0.330 e. The molecule has 0 aromatic rings. The molecule has 0 aromatic heterocycles. The van der Waals surface area contributed by atoms with Crippen molar-refractivity contribution in [2.75, 3.05) is 0 Å². The highest BCUT2D eigenvalue weighted by Crippen LogP contribution is 2.39. The molecule has 1 aliphatic heterocycles. The average molecular weight is 623 g/mol. The number of hydrogen-bond donors (Lipinski definition) is 0. The van der Waals surface area contributed by atoms with E-state index < -0.39 is 20.1 Å². The quantitative estimate of drug-likeness (QED) is 0.0352. The molecule has 252 valence electrons. The van der Waals surface area contributed by atoms with Crippen molar-refractivity contribution in [2.45, 2.75) is 205 Å². The molecular weight excluding hydrogens is 552 g/mol. The minimum Gasteiger partial charge on any atom is -0.459 e. The van der Waals surface area contributed by atoms with Crippen molar-refractivity contribution in [3.8, 4) is 0 Å². The van der Waals surface area contributed by atoms with Crippen LogP contribution in [0, 0.1) is 0 Å². The van der Waals surface area contributed by atoms with Gasteiger partial charge in [-0.15, -0.1) is 6.58 Å². The molecule has 0 aliphatic carbocycles. The molecular formula is C37H70O5Si. The van der Waals surface area contributed by atoms with Gasteiger partial charge in [0.05, 0.1) is 12.2 Å². The van der Waals surface area contributed by atoms with Gasteiger partial charge in [-0.1, -0.05) is 117 Å². The third kappa shape index (κ3) is 17.9. The van der Waals surface area contributed by atoms with Crippen molar-refractivity contribution in [3.05, 3.63) is 25.3 Å². The Balaban J connectivity index is 2.64. The molecule has 0 N–H and O–H groups in total. The van der Waals surface area contributed by atoms with Gasteiger partial charge in [0.25, 0.3) is 0 Å². The van der Waals surface area contributed by atoms with Crippen LogP contribution in [0.2, 0.25) is 18.1 Å². The summed E-state index contributed by atoms with van der Waals surface area (Å²) in [5.74, 6) is -1.09. The second kappa shape index (κ2) is 21.0. The summed E-state index contributed by atoms with van der Waals surface area (Å²) >= 11 is 0. The summed E-state index contributed by atoms with van der Waals surface area (Å²) in [5.41, 5.74) is 0. The second-order valence-corrected chi connectivity index (χ2v) is 19.6. The monoisotopic (exact) mass is 622 g/mol. The molecule has 1 aliphatic rings. The standard InChI is InChI=1S/C37H70O5Si/c1-11-14-15-16-17-18-19-20-21-22-23-24-26-31(42-43(9,10)36(4,5)6)27-28-33-30-34(41-37(7,8)40-33)29-32(25-12-2)39-35(38)13-3/h12-13,31-34H,2-3,11,14-30H2,1,4-10H3/t31-,32+,33-,34+/m0/s1. The molecule has 0 unspecified atom stereocenters. The van der Waals surface area contributed by atoms with Crippen molar-refractivity contribution >= 4 is 14.3 Å². The number of rotatable bonds is 24. The number of esters is 1. The van der Waals surface area contributed by atoms with E-state index in [1.165, 1.54) is 83.1 Å². The van der Waals surface area contributed by atoms with E-state index in [1.807, 2.05) is 13.8 Å². The third-order valence-corrected chi connectivity index (χ3v) is 13.8. The molecule has 1 heterocycles. The van der Waals surface area contributed by atoms with Gasteiger partial charge in [0.15, 0.2) is 14.1 Å². The topological polar surface area (TPSA) is 54.0 Å². The number of ether oxygens (including phenoxy) is 3. The van der Waals surface area contributed by atoms with Crippen LogP contribution < -0.4 is 0 Å². The summed E-state index contributed by atoms with van der Waals surface area (Å²) in [6, 6.07) is 0. The van der Waals surface area contributed by atoms with Crippen LogP contribution in [-0.4, -0.2) is 44.5 Å². The maximum absolute atomic E-state index is 11.9. The molecule has 0 aromatic carbocycles. The van der Waals surface area contributed by atoms with Gasteiger partial charge in [-0.3, -0.25) is 0 Å². The van der Waals surface area contributed by atoms with Crippen LogP contribution in [0.3, 0.4) is 0 Å². The fraction of sp³-hybridized carbons (Fsp3) is 0.865. The van der Waals surface area contributed by atoms with E-state index >= 15 is 0 Å². The van der Waals surface area contributed by atoms with Crippen molar-refractivity contribution in [1.82, 2.24) is 0 Å². The van der Waals surface area contributed by atoms with Crippen LogP contribution in [0.4, 0.5) is 0 Å². The van der Waals surface area contributed by atoms with Crippen LogP contribution in [-0.2, 0) is 23.4 Å². The Labute approximate surface area is 268 Å². The third-order valence-electron chi connectivity index (χ3n) is 9.29. The predicted octanol–water partition coefficient (Wildman–Crippen LogP) is 11.2. The average Bonchev–Trinajstić information content (AvgIpc) is 2.90. The molecule has 0 saturated carbocycles. The minimum absolute atomic E-state index is 0.0487. The Morgan fingerprint density at radius 2 is 1.42 bits per heavy atom. The molecule has 4 atom stereocenters. The van der Waals surface area contributed by atoms with E-state index in [0.29, 0.717) is 12.8 Å². The molecule has 0 bridgehead atoms. The Morgan fingerprint density at radius 3 is 1.93 bits per heavy atom. The molecule has 0 amide bonds. The Bertz CT molecular complexity index is 771. The fourth-order valence-corrected chi connectivity index (χ4v) is 7.29. The predicted molar refractivity (Wildman–Crippen MR) is 185 cm³/mol. The van der Waals surface area contributed by atoms with Gasteiger partial charge in [-0.05, 0) is 51.2 Å². The molecule has 1 saturated heterocycles. The fourth-order valence-electron chi connectivity index (χ4n) is 5.87. The van der Waals surface area contributed by atoms with Gasteiger partial charge < -0.3 is 18.6 Å². The highest BCUT2D eigenvalue weighted by atomic mass is 28.4. The van der Waals surface area contributed by atoms with E-state index in [2.05, 4.69) is 53.9 Å². The molecule has 0 radical (unpaired) electrons. The van der Waals surface area contributed by atoms with Gasteiger partial charge in [0.2, 0.25) is 0 Å². The van der Waals surface area contributed by atoms with Crippen LogP contribution in [0.25, 0.3) is 0 Å². The first-order valence-electron chi connectivity index (χ1n) is 17.7. The highest BCUT2D eigenvalue weighted by Gasteiger charge is 2.40. The Morgan fingerprint density at radius 1 is 0.884 bits per heavy atom. The van der Waals surface area contributed by atoms with E-state index in [9.17, 15) is 4.79 Å². The van der Waals surface area contributed by atoms with E-state index in [-0.39, 0.29) is 29.5 Å². The lowest BCUT2D eigenvalue weighted by Crippen LogP contribution is -2.47. The summed E-state index contributed by atoms with van der Waals surface area (Å²) in [5, 5.41) is 0.188. The van der Waals surface area contributed by atoms with Crippen LogP contribution >= 0.6 is 0 Å². The number of carbonyl (C=O) groups excluding carboxylic acids is 1. The SMILES string of the molecule is C=CC[C@H](C[C@@H]1C[C@H](CC[C@H](CCCCCCCCCCCCCC)O[Si](C)(C)C(C)(C)C)OC(C)(C)O1)OC(=O)C=C. The maximum Gasteiger partial charge on any atom is 0.330 e. The molecule has 0 spiro atoms. The van der Waals surface area contributed by atoms with Crippen molar-refractivity contribution in [3.63, 3.8) is 0 Å². The van der Waals surface area contributed by atoms with E-state index in [1.54, 1.807) is 6.08 Å². The minimum atomic E-state index is -1.88. The first-order chi connectivity index (χ1) is 20.2. The zero-order valence-corrected chi connectivity index (χ0v) is 30.6. The molecule has 43 heavy (non-hydrogen) atoms. The summed E-state index contributed by atoms with van der Waals surface area (Å²) in [6.07, 6.45) is 24.5. The van der Waals surface area contributed by atoms with Crippen LogP contribution in [0.1, 0.15) is 157 Å². The Kier molecular flexibility index (Phi) is 19.5. The molecule has 1 fully saturated rings. The lowest BCUT2D eigenvalue weighted by Gasteiger charge is -2.43. The molecule has 6 heteroatoms. The first kappa shape index (κ1) is 40.1. The lowest BCUT2D eigenvalue weighted by atomic mass is 9.96. The first-order valence-corrected chi connectivity index (χ1v) is 20.6. The number of hydrogen-bond acceptors (Lipinski definition) is 5. The lowest BCUT2D eigenvalue weighted by molar-refractivity contribution is -0.303. The number of unbranched alkanes of at least 4 members (excludes halogenated alkanes) is 11. The summed E-state index contributed by atoms with van der Waals surface area (Å²) < 4.78 is 25.3. The van der Waals surface area contributed by atoms with E-state index in [0.717, 1.165) is 25.7 Å². The Hall–Kier alpha value is -0.953. The second-order valence-electron chi connectivity index (χ2n) is 14.9. The van der Waals surface area contributed by atoms with Gasteiger partial charge >= 0.3 is 5.97 Å². The van der Waals surface area contributed by atoms with Gasteiger partial charge in [-0.25, -0.2) is 4.79 Å².